The van der Waals surface area contributed by atoms with Crippen molar-refractivity contribution < 1.29 is 33.6 Å². The summed E-state index contributed by atoms with van der Waals surface area (Å²) in [5.41, 5.74) is 2.97. The molecular weight excluding hydrogens is 406 g/mol. The first-order chi connectivity index (χ1) is 14.4. The number of nitrogens with zero attached hydrogens (tertiary/aromatic N) is 3. The smallest absolute Gasteiger partial charge is 0.239 e. The minimum atomic E-state index is -1.08. The van der Waals surface area contributed by atoms with Crippen molar-refractivity contribution in [2.75, 3.05) is 25.0 Å². The standard InChI is InChI=1S/C17H20F2N6O5/c18-11-3-8-1-2-13(10(8)4-12(11)19)22-17(23-29)15-16(25-30-24-15)21-6-14(28)20-5-9(27)7-26/h3-4,9,13,26-27,29H,1-2,5-7H2,(H,20,28)(H,21,25)(H,22,23)/t9-,13?/m1/s1. The van der Waals surface area contributed by atoms with Gasteiger partial charge in [-0.05, 0) is 46.4 Å². The van der Waals surface area contributed by atoms with E-state index < -0.39 is 36.3 Å². The van der Waals surface area contributed by atoms with Gasteiger partial charge in [0.15, 0.2) is 23.2 Å². The molecule has 0 spiro atoms. The number of aliphatic hydroxyl groups excluding tert-OH is 2. The van der Waals surface area contributed by atoms with Gasteiger partial charge >= 0.3 is 0 Å². The highest BCUT2D eigenvalue weighted by Crippen LogP contribution is 2.35. The molecule has 11 nitrogen and oxygen atoms in total. The molecule has 1 aromatic carbocycles. The molecule has 1 amide bonds. The van der Waals surface area contributed by atoms with Crippen LogP contribution >= 0.6 is 0 Å². The molecule has 2 aromatic rings. The topological polar surface area (TPSA) is 165 Å². The number of aliphatic imine (C=N–C) groups is 1. The number of aryl methyl sites for hydroxylation is 1. The van der Waals surface area contributed by atoms with Crippen LogP contribution in [0.15, 0.2) is 21.8 Å². The summed E-state index contributed by atoms with van der Waals surface area (Å²) in [6, 6.07) is 1.65. The summed E-state index contributed by atoms with van der Waals surface area (Å²) in [5.74, 6) is -2.57. The zero-order chi connectivity index (χ0) is 21.7. The summed E-state index contributed by atoms with van der Waals surface area (Å²) in [6.07, 6.45) is -0.128. The number of hydroxylamine groups is 1. The molecule has 13 heteroatoms. The SMILES string of the molecule is O=C(CNc1nonc1C(=NC1CCc2cc(F)c(F)cc21)NO)NC[C@@H](O)CO. The Balaban J connectivity index is 1.71. The Morgan fingerprint density at radius 2 is 2.10 bits per heavy atom. The van der Waals surface area contributed by atoms with Gasteiger partial charge in [-0.3, -0.25) is 20.5 Å². The van der Waals surface area contributed by atoms with Crippen molar-refractivity contribution in [1.82, 2.24) is 21.1 Å². The first kappa shape index (κ1) is 21.5. The highest BCUT2D eigenvalue weighted by Gasteiger charge is 2.26. The number of fused-ring (bicyclic) bond motifs is 1. The summed E-state index contributed by atoms with van der Waals surface area (Å²) in [7, 11) is 0. The van der Waals surface area contributed by atoms with E-state index in [0.29, 0.717) is 24.0 Å². The van der Waals surface area contributed by atoms with Crippen molar-refractivity contribution in [3.05, 3.63) is 40.6 Å². The number of carbonyl (C=O) groups excluding carboxylic acids is 1. The number of hydrogen-bond acceptors (Lipinski definition) is 9. The number of carbonyl (C=O) groups is 1. The second-order valence-corrected chi connectivity index (χ2v) is 6.56. The molecule has 1 unspecified atom stereocenters. The molecule has 162 valence electrons. The van der Waals surface area contributed by atoms with Crippen LogP contribution in [0.3, 0.4) is 0 Å². The molecule has 30 heavy (non-hydrogen) atoms. The second kappa shape index (κ2) is 9.56. The van der Waals surface area contributed by atoms with Crippen molar-refractivity contribution in [2.45, 2.75) is 25.0 Å². The van der Waals surface area contributed by atoms with Gasteiger partial charge < -0.3 is 20.8 Å². The van der Waals surface area contributed by atoms with Gasteiger partial charge in [-0.15, -0.1) is 0 Å². The molecule has 6 N–H and O–H groups in total. The summed E-state index contributed by atoms with van der Waals surface area (Å²) < 4.78 is 31.7. The summed E-state index contributed by atoms with van der Waals surface area (Å²) in [4.78, 5) is 16.1. The van der Waals surface area contributed by atoms with Gasteiger partial charge in [0.2, 0.25) is 11.7 Å². The van der Waals surface area contributed by atoms with Crippen molar-refractivity contribution in [3.8, 4) is 0 Å². The largest absolute Gasteiger partial charge is 0.394 e. The summed E-state index contributed by atoms with van der Waals surface area (Å²) >= 11 is 0. The van der Waals surface area contributed by atoms with Crippen LogP contribution < -0.4 is 16.1 Å². The van der Waals surface area contributed by atoms with Crippen molar-refractivity contribution >= 4 is 17.6 Å². The third-order valence-corrected chi connectivity index (χ3v) is 4.49. The van der Waals surface area contributed by atoms with Gasteiger partial charge in [-0.2, -0.15) is 0 Å². The lowest BCUT2D eigenvalue weighted by Crippen LogP contribution is -2.37. The minimum absolute atomic E-state index is 0.00309. The molecule has 0 fully saturated rings. The lowest BCUT2D eigenvalue weighted by Gasteiger charge is -2.11. The van der Waals surface area contributed by atoms with Crippen LogP contribution in [-0.4, -0.2) is 63.3 Å². The molecule has 1 aliphatic rings. The van der Waals surface area contributed by atoms with Crippen LogP contribution in [0, 0.1) is 11.6 Å². The van der Waals surface area contributed by atoms with Crippen LogP contribution in [0.25, 0.3) is 0 Å². The normalized spacial score (nSPS) is 16.8. The highest BCUT2D eigenvalue weighted by atomic mass is 19.2. The van der Waals surface area contributed by atoms with E-state index in [1.165, 1.54) is 0 Å². The monoisotopic (exact) mass is 426 g/mol. The number of aromatic nitrogens is 2. The number of amides is 1. The van der Waals surface area contributed by atoms with Crippen LogP contribution in [0.4, 0.5) is 14.6 Å². The fourth-order valence-electron chi connectivity index (χ4n) is 2.99. The average molecular weight is 426 g/mol. The maximum atomic E-state index is 13.6. The predicted octanol–water partition coefficient (Wildman–Crippen LogP) is -0.358. The van der Waals surface area contributed by atoms with Gasteiger partial charge in [0.1, 0.15) is 0 Å². The maximum Gasteiger partial charge on any atom is 0.239 e. The summed E-state index contributed by atoms with van der Waals surface area (Å²) in [6.45, 7) is -0.896. The number of rotatable bonds is 8. The van der Waals surface area contributed by atoms with Crippen LogP contribution in [0.5, 0.6) is 0 Å². The number of aliphatic hydroxyl groups is 2. The van der Waals surface area contributed by atoms with E-state index in [1.807, 2.05) is 5.48 Å². The second-order valence-electron chi connectivity index (χ2n) is 6.56. The van der Waals surface area contributed by atoms with Gasteiger partial charge in [-0.25, -0.2) is 13.4 Å². The predicted molar refractivity (Wildman–Crippen MR) is 97.8 cm³/mol. The number of nitrogens with one attached hydrogen (secondary N) is 3. The van der Waals surface area contributed by atoms with Crippen LogP contribution in [0.1, 0.15) is 29.3 Å². The minimum Gasteiger partial charge on any atom is -0.394 e. The molecule has 0 bridgehead atoms. The number of benzene rings is 1. The third kappa shape index (κ3) is 4.87. The molecule has 1 aromatic heterocycles. The molecule has 1 aliphatic carbocycles. The first-order valence-electron chi connectivity index (χ1n) is 9.01. The third-order valence-electron chi connectivity index (χ3n) is 4.49. The summed E-state index contributed by atoms with van der Waals surface area (Å²) in [5, 5.41) is 39.7. The van der Waals surface area contributed by atoms with E-state index in [4.69, 9.17) is 5.11 Å². The van der Waals surface area contributed by atoms with Gasteiger partial charge in [0.25, 0.3) is 0 Å². The number of halogens is 2. The lowest BCUT2D eigenvalue weighted by atomic mass is 10.1. The lowest BCUT2D eigenvalue weighted by molar-refractivity contribution is -0.119. The van der Waals surface area contributed by atoms with Crippen molar-refractivity contribution in [1.29, 1.82) is 0 Å². The van der Waals surface area contributed by atoms with Gasteiger partial charge in [0.05, 0.1) is 25.3 Å². The van der Waals surface area contributed by atoms with E-state index in [1.54, 1.807) is 0 Å². The first-order valence-corrected chi connectivity index (χ1v) is 9.01. The van der Waals surface area contributed by atoms with E-state index >= 15 is 0 Å². The fraction of sp³-hybridized carbons (Fsp3) is 0.412. The highest BCUT2D eigenvalue weighted by molar-refractivity contribution is 6.00. The van der Waals surface area contributed by atoms with Crippen molar-refractivity contribution in [2.24, 2.45) is 4.99 Å². The van der Waals surface area contributed by atoms with Gasteiger partial charge in [0, 0.05) is 6.54 Å². The molecule has 3 rings (SSSR count). The Hall–Kier alpha value is -3.16. The average Bonchev–Trinajstić information content (AvgIpc) is 3.36. The van der Waals surface area contributed by atoms with Crippen LogP contribution in [0.2, 0.25) is 0 Å². The molecule has 0 radical (unpaired) electrons. The Morgan fingerprint density at radius 3 is 2.83 bits per heavy atom. The fourth-order valence-corrected chi connectivity index (χ4v) is 2.99. The molecule has 1 heterocycles. The Kier molecular flexibility index (Phi) is 6.87. The Bertz CT molecular complexity index is 937. The molecular formula is C17H20F2N6O5. The molecule has 0 saturated heterocycles. The molecule has 2 atom stereocenters. The quantitative estimate of drug-likeness (QED) is 0.188. The van der Waals surface area contributed by atoms with Crippen LogP contribution in [-0.2, 0) is 11.2 Å². The Labute approximate surface area is 168 Å². The Morgan fingerprint density at radius 1 is 1.33 bits per heavy atom. The number of hydrogen-bond donors (Lipinski definition) is 6. The number of anilines is 1. The maximum absolute atomic E-state index is 13.6. The van der Waals surface area contributed by atoms with Crippen molar-refractivity contribution in [3.63, 3.8) is 0 Å². The van der Waals surface area contributed by atoms with E-state index in [-0.39, 0.29) is 30.4 Å². The van der Waals surface area contributed by atoms with E-state index in [9.17, 15) is 23.9 Å². The van der Waals surface area contributed by atoms with E-state index in [2.05, 4.69) is 30.6 Å². The van der Waals surface area contributed by atoms with E-state index in [0.717, 1.165) is 12.1 Å². The zero-order valence-corrected chi connectivity index (χ0v) is 15.6. The molecule has 0 aliphatic heterocycles. The molecule has 0 saturated carbocycles. The van der Waals surface area contributed by atoms with Gasteiger partial charge in [-0.1, -0.05) is 0 Å². The number of amidine groups is 1. The zero-order valence-electron chi connectivity index (χ0n) is 15.6.